The van der Waals surface area contributed by atoms with E-state index in [4.69, 9.17) is 18.5 Å². The van der Waals surface area contributed by atoms with E-state index in [0.717, 1.165) is 70.3 Å². The summed E-state index contributed by atoms with van der Waals surface area (Å²) < 4.78 is 34.5. The van der Waals surface area contributed by atoms with Crippen LogP contribution in [-0.4, -0.2) is 127 Å². The van der Waals surface area contributed by atoms with Crippen LogP contribution in [-0.2, 0) is 37.5 Å². The number of hydrogen-bond donors (Lipinski definition) is 8. The monoisotopic (exact) mass is 902 g/mol. The van der Waals surface area contributed by atoms with E-state index in [2.05, 4.69) is 31.2 Å². The number of phosphoric acid groups is 1. The second kappa shape index (κ2) is 31.3. The van der Waals surface area contributed by atoms with Crippen molar-refractivity contribution in [3.05, 3.63) is 48.6 Å². The van der Waals surface area contributed by atoms with Gasteiger partial charge < -0.3 is 50.1 Å². The Bertz CT molecular complexity index is 1450. The third-order valence-corrected chi connectivity index (χ3v) is 12.0. The Balaban J connectivity index is 2.23. The van der Waals surface area contributed by atoms with Gasteiger partial charge in [-0.1, -0.05) is 107 Å². The van der Waals surface area contributed by atoms with Crippen LogP contribution in [0.2, 0.25) is 0 Å². The molecule has 1 aliphatic carbocycles. The molecule has 17 heteroatoms. The topological polar surface area (TPSA) is 267 Å². The average Bonchev–Trinajstić information content (AvgIpc) is 3.23. The largest absolute Gasteiger partial charge is 0.472 e. The molecular formula is C45H75O16P. The summed E-state index contributed by atoms with van der Waals surface area (Å²) in [6, 6.07) is 0. The van der Waals surface area contributed by atoms with Crippen LogP contribution >= 0.6 is 7.82 Å². The highest BCUT2D eigenvalue weighted by Gasteiger charge is 2.49. The Morgan fingerprint density at radius 2 is 1.55 bits per heavy atom. The number of ether oxygens (including phenoxy) is 2. The minimum absolute atomic E-state index is 0.0851. The lowest BCUT2D eigenvalue weighted by atomic mass is 9.83. The average molecular weight is 903 g/mol. The summed E-state index contributed by atoms with van der Waals surface area (Å²) in [5.41, 5.74) is 0. The highest BCUT2D eigenvalue weighted by atomic mass is 31.2. The molecule has 1 unspecified atom stereocenters. The number of carbonyl (C=O) groups is 3. The quantitative estimate of drug-likeness (QED) is 0.0347. The van der Waals surface area contributed by atoms with E-state index < -0.39 is 112 Å². The van der Waals surface area contributed by atoms with Crippen molar-refractivity contribution in [2.24, 2.45) is 11.8 Å². The minimum atomic E-state index is -5.46. The van der Waals surface area contributed by atoms with Gasteiger partial charge in [-0.3, -0.25) is 23.4 Å². The molecule has 16 nitrogen and oxygen atoms in total. The number of fused-ring (bicyclic) bond motifs is 4. The van der Waals surface area contributed by atoms with Crippen LogP contribution in [0, 0.1) is 11.8 Å². The van der Waals surface area contributed by atoms with E-state index in [1.165, 1.54) is 6.08 Å². The van der Waals surface area contributed by atoms with Gasteiger partial charge in [-0.05, 0) is 57.8 Å². The zero-order valence-electron chi connectivity index (χ0n) is 36.6. The Labute approximate surface area is 367 Å². The fourth-order valence-electron chi connectivity index (χ4n) is 7.21. The number of allylic oxidation sites excluding steroid dienone is 6. The first-order valence-electron chi connectivity index (χ1n) is 22.5. The van der Waals surface area contributed by atoms with Crippen molar-refractivity contribution in [3.8, 4) is 0 Å². The van der Waals surface area contributed by atoms with Crippen molar-refractivity contribution >= 4 is 25.5 Å². The standard InChI is InChI=1S/C45H75O16P/c1-3-5-7-8-9-10-11-12-13-14-15-16-21-25-38(49)58-30-33-31-59-62(56,57)61-45-43(54)41(52)35(28-27-32(46)23-19-6-4-2)37(48)29-36(47)34(40(51)42(53)44(45)55)24-20-17-18-22-26-39(50)60-33/h7-8,10-11,17,20,27-28,32-36,40-47,51-55H,3-6,9,12-16,18-19,21-26,29-31H2,1-2H3,(H,56,57)/b8-7-,11-10-,20-17-,28-27+/t32-,33+,34-,35-,36-,40+,41+,42-,43+,44+,45+/m0/s1. The summed E-state index contributed by atoms with van der Waals surface area (Å²) in [6.45, 7) is 2.70. The molecular weight excluding hydrogens is 827 g/mol. The molecule has 0 radical (unpaired) electrons. The van der Waals surface area contributed by atoms with Crippen LogP contribution in [0.3, 0.4) is 0 Å². The van der Waals surface area contributed by atoms with Crippen LogP contribution in [0.25, 0.3) is 0 Å². The number of rotatable bonds is 20. The summed E-state index contributed by atoms with van der Waals surface area (Å²) in [4.78, 5) is 49.9. The lowest BCUT2D eigenvalue weighted by Crippen LogP contribution is -2.55. The molecule has 2 bridgehead atoms. The fraction of sp³-hybridized carbons (Fsp3) is 0.756. The zero-order chi connectivity index (χ0) is 45.9. The van der Waals surface area contributed by atoms with Gasteiger partial charge in [0.1, 0.15) is 36.8 Å². The first-order valence-corrected chi connectivity index (χ1v) is 24.0. The lowest BCUT2D eigenvalue weighted by Gasteiger charge is -2.36. The molecule has 12 atom stereocenters. The van der Waals surface area contributed by atoms with Crippen molar-refractivity contribution in [1.82, 2.24) is 0 Å². The molecule has 0 amide bonds. The predicted octanol–water partition coefficient (Wildman–Crippen LogP) is 4.98. The summed E-state index contributed by atoms with van der Waals surface area (Å²) in [5.74, 6) is -5.16. The number of hydrogen-bond acceptors (Lipinski definition) is 15. The summed E-state index contributed by atoms with van der Waals surface area (Å²) in [6.07, 6.45) is 7.26. The number of carbonyl (C=O) groups excluding carboxylic acids is 3. The number of Topliss-reactive ketones (excluding diaryl/α,β-unsaturated/α-hetero) is 1. The molecule has 8 N–H and O–H groups in total. The molecule has 1 saturated carbocycles. The summed E-state index contributed by atoms with van der Waals surface area (Å²) >= 11 is 0. The molecule has 0 saturated heterocycles. The Hall–Kier alpha value is -2.60. The molecule has 1 aliphatic heterocycles. The van der Waals surface area contributed by atoms with Crippen LogP contribution < -0.4 is 0 Å². The molecule has 0 aromatic heterocycles. The molecule has 2 aliphatic rings. The van der Waals surface area contributed by atoms with Crippen LogP contribution in [0.1, 0.15) is 136 Å². The molecule has 2 rings (SSSR count). The van der Waals surface area contributed by atoms with Gasteiger partial charge in [-0.2, -0.15) is 0 Å². The van der Waals surface area contributed by atoms with E-state index in [1.807, 2.05) is 6.92 Å². The maximum atomic E-state index is 13.7. The minimum Gasteiger partial charge on any atom is -0.462 e. The number of esters is 2. The number of aliphatic hydroxyl groups excluding tert-OH is 7. The molecule has 62 heavy (non-hydrogen) atoms. The summed E-state index contributed by atoms with van der Waals surface area (Å²) in [5, 5.41) is 78.2. The maximum Gasteiger partial charge on any atom is 0.472 e. The first-order chi connectivity index (χ1) is 29.6. The third-order valence-electron chi connectivity index (χ3n) is 11.0. The number of phosphoric ester groups is 1. The molecule has 356 valence electrons. The number of cyclic esters (lactones) is 1. The second-order valence-corrected chi connectivity index (χ2v) is 17.7. The highest BCUT2D eigenvalue weighted by Crippen LogP contribution is 2.47. The smallest absolute Gasteiger partial charge is 0.462 e. The number of unbranched alkanes of at least 4 members (excludes halogenated alkanes) is 8. The zero-order valence-corrected chi connectivity index (χ0v) is 37.5. The van der Waals surface area contributed by atoms with E-state index in [0.29, 0.717) is 25.7 Å². The highest BCUT2D eigenvalue weighted by molar-refractivity contribution is 7.47. The van der Waals surface area contributed by atoms with Crippen molar-refractivity contribution in [2.45, 2.75) is 191 Å². The van der Waals surface area contributed by atoms with Crippen molar-refractivity contribution < 1.29 is 78.1 Å². The molecule has 0 aromatic carbocycles. The van der Waals surface area contributed by atoms with E-state index in [-0.39, 0.29) is 25.7 Å². The molecule has 1 heterocycles. The fourth-order valence-corrected chi connectivity index (χ4v) is 8.18. The van der Waals surface area contributed by atoms with Gasteiger partial charge in [0.15, 0.2) is 6.10 Å². The molecule has 0 spiro atoms. The normalized spacial score (nSPS) is 32.4. The molecule has 0 aromatic rings. The van der Waals surface area contributed by atoms with Gasteiger partial charge in [-0.15, -0.1) is 0 Å². The SMILES string of the molecule is CCC/C=C\C/C=C\CCCCCCCC(=O)OC[C@@H]1COP(=O)(O)O[C@H]2[C@H](O)[C@@H](O)[C@H](O)[C@@H](C/C=C\CCCC(=O)O1)[C@@H](O)CC(=O)[C@H](/C=C/[C@@H](O)CCCCC)[C@@H](O)[C@H]2O. The van der Waals surface area contributed by atoms with Gasteiger partial charge in [0.25, 0.3) is 0 Å². The van der Waals surface area contributed by atoms with Crippen molar-refractivity contribution in [2.75, 3.05) is 13.2 Å². The lowest BCUT2D eigenvalue weighted by molar-refractivity contribution is -0.166. The first kappa shape index (κ1) is 55.5. The van der Waals surface area contributed by atoms with Gasteiger partial charge in [0.05, 0.1) is 36.9 Å². The van der Waals surface area contributed by atoms with Gasteiger partial charge in [0.2, 0.25) is 0 Å². The Kier molecular flexibility index (Phi) is 28.0. The van der Waals surface area contributed by atoms with E-state index >= 15 is 0 Å². The van der Waals surface area contributed by atoms with Crippen LogP contribution in [0.5, 0.6) is 0 Å². The van der Waals surface area contributed by atoms with Gasteiger partial charge in [-0.25, -0.2) is 4.57 Å². The number of aliphatic hydroxyl groups is 7. The maximum absolute atomic E-state index is 13.7. The van der Waals surface area contributed by atoms with E-state index in [1.54, 1.807) is 12.2 Å². The van der Waals surface area contributed by atoms with Gasteiger partial charge in [0, 0.05) is 25.2 Å². The van der Waals surface area contributed by atoms with E-state index in [9.17, 15) is 59.6 Å². The Morgan fingerprint density at radius 3 is 2.27 bits per heavy atom. The number of ketones is 1. The van der Waals surface area contributed by atoms with Gasteiger partial charge >= 0.3 is 19.8 Å². The third kappa shape index (κ3) is 21.9. The van der Waals surface area contributed by atoms with Crippen molar-refractivity contribution in [3.63, 3.8) is 0 Å². The predicted molar refractivity (Wildman–Crippen MR) is 231 cm³/mol. The molecule has 1 fully saturated rings. The summed E-state index contributed by atoms with van der Waals surface area (Å²) in [7, 11) is -5.46. The van der Waals surface area contributed by atoms with Crippen LogP contribution in [0.4, 0.5) is 0 Å². The Morgan fingerprint density at radius 1 is 0.855 bits per heavy atom. The van der Waals surface area contributed by atoms with Crippen LogP contribution in [0.15, 0.2) is 48.6 Å². The second-order valence-electron chi connectivity index (χ2n) is 16.3. The van der Waals surface area contributed by atoms with Crippen molar-refractivity contribution in [1.29, 1.82) is 0 Å².